The number of rotatable bonds is 1. The molecule has 2 aromatic rings. The van der Waals surface area contributed by atoms with Gasteiger partial charge in [0.15, 0.2) is 5.69 Å². The van der Waals surface area contributed by atoms with Crippen LogP contribution in [0.2, 0.25) is 0 Å². The van der Waals surface area contributed by atoms with Gasteiger partial charge in [0.05, 0.1) is 5.69 Å². The highest BCUT2D eigenvalue weighted by atomic mass is 79.9. The van der Waals surface area contributed by atoms with E-state index < -0.39 is 0 Å². The Labute approximate surface area is 108 Å². The van der Waals surface area contributed by atoms with Gasteiger partial charge in [-0.15, -0.1) is 0 Å². The Morgan fingerprint density at radius 2 is 2.24 bits per heavy atom. The molecule has 0 fully saturated rings. The van der Waals surface area contributed by atoms with Crippen LogP contribution >= 0.6 is 15.9 Å². The van der Waals surface area contributed by atoms with E-state index in [1.807, 2.05) is 28.9 Å². The van der Waals surface area contributed by atoms with Crippen molar-refractivity contribution in [2.24, 2.45) is 0 Å². The quantitative estimate of drug-likeness (QED) is 0.809. The van der Waals surface area contributed by atoms with E-state index >= 15 is 0 Å². The Hall–Kier alpha value is -1.60. The van der Waals surface area contributed by atoms with E-state index in [0.29, 0.717) is 5.69 Å². The van der Waals surface area contributed by atoms with Crippen molar-refractivity contribution < 1.29 is 0 Å². The van der Waals surface area contributed by atoms with Gasteiger partial charge in [0.1, 0.15) is 6.07 Å². The van der Waals surface area contributed by atoms with Crippen molar-refractivity contribution in [1.29, 1.82) is 5.26 Å². The summed E-state index contributed by atoms with van der Waals surface area (Å²) in [5.41, 5.74) is 3.92. The van der Waals surface area contributed by atoms with Gasteiger partial charge >= 0.3 is 0 Å². The first-order valence-electron chi connectivity index (χ1n) is 5.56. The summed E-state index contributed by atoms with van der Waals surface area (Å²) in [5, 5.41) is 13.5. The lowest BCUT2D eigenvalue weighted by Gasteiger charge is -2.05. The summed E-state index contributed by atoms with van der Waals surface area (Å²) < 4.78 is 2.93. The van der Waals surface area contributed by atoms with Gasteiger partial charge in [0.25, 0.3) is 0 Å². The topological polar surface area (TPSA) is 41.6 Å². The number of nitrogens with zero attached hydrogens (tertiary/aromatic N) is 3. The van der Waals surface area contributed by atoms with Crippen LogP contribution in [0.5, 0.6) is 0 Å². The Morgan fingerprint density at radius 3 is 3.00 bits per heavy atom. The van der Waals surface area contributed by atoms with Crippen LogP contribution in [0.15, 0.2) is 28.7 Å². The van der Waals surface area contributed by atoms with Crippen LogP contribution in [0.4, 0.5) is 0 Å². The highest BCUT2D eigenvalue weighted by Crippen LogP contribution is 2.28. The molecule has 4 heteroatoms. The second kappa shape index (κ2) is 4.01. The number of benzene rings is 1. The maximum atomic E-state index is 9.08. The van der Waals surface area contributed by atoms with Crippen LogP contribution in [-0.2, 0) is 12.8 Å². The number of nitriles is 1. The number of fused-ring (bicyclic) bond motifs is 1. The lowest BCUT2D eigenvalue weighted by molar-refractivity contribution is 0.779. The zero-order chi connectivity index (χ0) is 11.8. The minimum atomic E-state index is 0.581. The van der Waals surface area contributed by atoms with Gasteiger partial charge in [0, 0.05) is 15.7 Å². The van der Waals surface area contributed by atoms with E-state index in [2.05, 4.69) is 27.1 Å². The molecule has 0 N–H and O–H groups in total. The molecule has 0 radical (unpaired) electrons. The summed E-state index contributed by atoms with van der Waals surface area (Å²) in [5.74, 6) is 0. The molecule has 0 bridgehead atoms. The fraction of sp³-hybridized carbons (Fsp3) is 0.231. The van der Waals surface area contributed by atoms with E-state index in [1.54, 1.807) is 0 Å². The zero-order valence-electron chi connectivity index (χ0n) is 9.15. The smallest absolute Gasteiger partial charge is 0.166 e. The van der Waals surface area contributed by atoms with Crippen LogP contribution in [0, 0.1) is 11.3 Å². The standard InChI is InChI=1S/C13H10BrN3/c14-9-3-1-4-10(7-9)17-13-6-2-5-11(13)12(8-15)16-17/h1,3-4,7H,2,5-6H2. The molecule has 1 aliphatic rings. The molecule has 0 spiro atoms. The molecule has 0 saturated carbocycles. The summed E-state index contributed by atoms with van der Waals surface area (Å²) in [4.78, 5) is 0. The first kappa shape index (κ1) is 10.5. The van der Waals surface area contributed by atoms with Gasteiger partial charge in [-0.2, -0.15) is 10.4 Å². The molecule has 84 valence electrons. The van der Waals surface area contributed by atoms with Gasteiger partial charge in [-0.25, -0.2) is 4.68 Å². The van der Waals surface area contributed by atoms with Crippen LogP contribution < -0.4 is 0 Å². The molecule has 0 unspecified atom stereocenters. The van der Waals surface area contributed by atoms with Crippen molar-refractivity contribution in [3.8, 4) is 11.8 Å². The average Bonchev–Trinajstić information content (AvgIpc) is 2.89. The predicted molar refractivity (Wildman–Crippen MR) is 68.0 cm³/mol. The van der Waals surface area contributed by atoms with Crippen molar-refractivity contribution in [2.45, 2.75) is 19.3 Å². The fourth-order valence-electron chi connectivity index (χ4n) is 2.35. The zero-order valence-corrected chi connectivity index (χ0v) is 10.7. The molecule has 3 rings (SSSR count). The fourth-order valence-corrected chi connectivity index (χ4v) is 2.74. The first-order valence-corrected chi connectivity index (χ1v) is 6.35. The van der Waals surface area contributed by atoms with Crippen molar-refractivity contribution in [3.05, 3.63) is 45.7 Å². The number of hydrogen-bond acceptors (Lipinski definition) is 2. The molecule has 0 amide bonds. The Bertz CT molecular complexity index is 622. The molecule has 1 aromatic carbocycles. The largest absolute Gasteiger partial charge is 0.236 e. The maximum absolute atomic E-state index is 9.08. The highest BCUT2D eigenvalue weighted by molar-refractivity contribution is 9.10. The third-order valence-electron chi connectivity index (χ3n) is 3.09. The predicted octanol–water partition coefficient (Wildman–Crippen LogP) is 3.00. The van der Waals surface area contributed by atoms with Gasteiger partial charge < -0.3 is 0 Å². The molecule has 0 saturated heterocycles. The highest BCUT2D eigenvalue weighted by Gasteiger charge is 2.22. The third-order valence-corrected chi connectivity index (χ3v) is 3.58. The van der Waals surface area contributed by atoms with E-state index in [9.17, 15) is 0 Å². The maximum Gasteiger partial charge on any atom is 0.166 e. The Morgan fingerprint density at radius 1 is 1.35 bits per heavy atom. The summed E-state index contributed by atoms with van der Waals surface area (Å²) in [6, 6.07) is 10.2. The van der Waals surface area contributed by atoms with Crippen molar-refractivity contribution >= 4 is 15.9 Å². The van der Waals surface area contributed by atoms with Gasteiger partial charge in [-0.05, 0) is 37.5 Å². The van der Waals surface area contributed by atoms with E-state index in [-0.39, 0.29) is 0 Å². The van der Waals surface area contributed by atoms with Crippen LogP contribution in [0.3, 0.4) is 0 Å². The second-order valence-electron chi connectivity index (χ2n) is 4.13. The SMILES string of the molecule is N#Cc1nn(-c2cccc(Br)c2)c2c1CCC2. The molecular weight excluding hydrogens is 278 g/mol. The van der Waals surface area contributed by atoms with Gasteiger partial charge in [0.2, 0.25) is 0 Å². The Balaban J connectivity index is 2.19. The molecule has 1 aromatic heterocycles. The van der Waals surface area contributed by atoms with E-state index in [4.69, 9.17) is 5.26 Å². The molecule has 3 nitrogen and oxygen atoms in total. The number of hydrogen-bond donors (Lipinski definition) is 0. The van der Waals surface area contributed by atoms with Gasteiger partial charge in [-0.1, -0.05) is 22.0 Å². The van der Waals surface area contributed by atoms with E-state index in [1.165, 1.54) is 5.69 Å². The molecule has 1 heterocycles. The minimum absolute atomic E-state index is 0.581. The summed E-state index contributed by atoms with van der Waals surface area (Å²) in [6.45, 7) is 0. The summed E-state index contributed by atoms with van der Waals surface area (Å²) in [7, 11) is 0. The molecule has 0 atom stereocenters. The molecular formula is C13H10BrN3. The van der Waals surface area contributed by atoms with Crippen molar-refractivity contribution in [3.63, 3.8) is 0 Å². The Kier molecular flexibility index (Phi) is 2.49. The van der Waals surface area contributed by atoms with Crippen LogP contribution in [0.25, 0.3) is 5.69 Å². The monoisotopic (exact) mass is 287 g/mol. The number of halogens is 1. The molecule has 0 aliphatic heterocycles. The third kappa shape index (κ3) is 1.67. The van der Waals surface area contributed by atoms with E-state index in [0.717, 1.165) is 35.0 Å². The summed E-state index contributed by atoms with van der Waals surface area (Å²) >= 11 is 3.46. The van der Waals surface area contributed by atoms with Crippen molar-refractivity contribution in [2.75, 3.05) is 0 Å². The first-order chi connectivity index (χ1) is 8.29. The molecule has 17 heavy (non-hydrogen) atoms. The minimum Gasteiger partial charge on any atom is -0.236 e. The van der Waals surface area contributed by atoms with Crippen LogP contribution in [0.1, 0.15) is 23.4 Å². The summed E-state index contributed by atoms with van der Waals surface area (Å²) in [6.07, 6.45) is 3.11. The average molecular weight is 288 g/mol. The van der Waals surface area contributed by atoms with Gasteiger partial charge in [-0.3, -0.25) is 0 Å². The second-order valence-corrected chi connectivity index (χ2v) is 5.05. The molecule has 1 aliphatic carbocycles. The lowest BCUT2D eigenvalue weighted by atomic mass is 10.2. The van der Waals surface area contributed by atoms with Crippen LogP contribution in [-0.4, -0.2) is 9.78 Å². The number of aromatic nitrogens is 2. The lowest BCUT2D eigenvalue weighted by Crippen LogP contribution is -2.01. The van der Waals surface area contributed by atoms with Crippen molar-refractivity contribution in [1.82, 2.24) is 9.78 Å². The normalized spacial score (nSPS) is 13.4.